The maximum Gasteiger partial charge on any atom is 0.337 e. The van der Waals surface area contributed by atoms with Crippen molar-refractivity contribution in [3.05, 3.63) is 47.5 Å². The Morgan fingerprint density at radius 1 is 1.30 bits per heavy atom. The van der Waals surface area contributed by atoms with Gasteiger partial charge in [-0.05, 0) is 38.1 Å². The fraction of sp³-hybridized carbons (Fsp3) is 0.316. The van der Waals surface area contributed by atoms with Crippen molar-refractivity contribution in [2.45, 2.75) is 31.3 Å². The van der Waals surface area contributed by atoms with Gasteiger partial charge in [0.25, 0.3) is 10.0 Å². The van der Waals surface area contributed by atoms with Gasteiger partial charge in [-0.25, -0.2) is 13.2 Å². The third kappa shape index (κ3) is 4.00. The number of benzene rings is 2. The third-order valence-electron chi connectivity index (χ3n) is 4.11. The van der Waals surface area contributed by atoms with Crippen LogP contribution < -0.4 is 14.2 Å². The van der Waals surface area contributed by atoms with E-state index < -0.39 is 16.0 Å². The molecule has 7 nitrogen and oxygen atoms in total. The van der Waals surface area contributed by atoms with Gasteiger partial charge < -0.3 is 14.2 Å². The summed E-state index contributed by atoms with van der Waals surface area (Å²) in [7, 11) is -2.70. The molecular weight excluding hydrogens is 370 g/mol. The lowest BCUT2D eigenvalue weighted by molar-refractivity contribution is 0.0600. The van der Waals surface area contributed by atoms with Crippen molar-refractivity contribution in [3.8, 4) is 11.5 Å². The zero-order chi connectivity index (χ0) is 19.6. The van der Waals surface area contributed by atoms with Crippen LogP contribution in [0.1, 0.15) is 29.8 Å². The molecule has 144 valence electrons. The molecule has 0 aliphatic carbocycles. The molecule has 8 heteroatoms. The second kappa shape index (κ2) is 7.48. The number of anilines is 1. The predicted molar refractivity (Wildman–Crippen MR) is 100.0 cm³/mol. The summed E-state index contributed by atoms with van der Waals surface area (Å²) in [5.74, 6) is 0.454. The molecule has 1 atom stereocenters. The number of ether oxygens (including phenoxy) is 3. The number of carbonyl (C=O) groups is 1. The lowest BCUT2D eigenvalue weighted by Crippen LogP contribution is -2.15. The molecule has 0 unspecified atom stereocenters. The summed E-state index contributed by atoms with van der Waals surface area (Å²) in [6, 6.07) is 9.07. The minimum atomic E-state index is -3.94. The second-order valence-corrected chi connectivity index (χ2v) is 7.83. The summed E-state index contributed by atoms with van der Waals surface area (Å²) >= 11 is 0. The molecule has 0 spiro atoms. The van der Waals surface area contributed by atoms with Crippen molar-refractivity contribution < 1.29 is 27.4 Å². The minimum absolute atomic E-state index is 0.0260. The molecule has 3 rings (SSSR count). The maximum atomic E-state index is 12.8. The van der Waals surface area contributed by atoms with Crippen LogP contribution in [0.5, 0.6) is 11.5 Å². The van der Waals surface area contributed by atoms with Gasteiger partial charge in [-0.3, -0.25) is 4.72 Å². The first kappa shape index (κ1) is 19.0. The van der Waals surface area contributed by atoms with Crippen LogP contribution in [0.15, 0.2) is 41.3 Å². The maximum absolute atomic E-state index is 12.8. The third-order valence-corrected chi connectivity index (χ3v) is 5.47. The topological polar surface area (TPSA) is 90.9 Å². The van der Waals surface area contributed by atoms with Gasteiger partial charge in [-0.1, -0.05) is 6.07 Å². The van der Waals surface area contributed by atoms with E-state index in [-0.39, 0.29) is 22.3 Å². The highest BCUT2D eigenvalue weighted by Crippen LogP contribution is 2.38. The Balaban J connectivity index is 1.96. The van der Waals surface area contributed by atoms with E-state index in [1.807, 2.05) is 13.8 Å². The number of carbonyl (C=O) groups excluding carboxylic acids is 1. The quantitative estimate of drug-likeness (QED) is 0.761. The van der Waals surface area contributed by atoms with Crippen LogP contribution in [0, 0.1) is 0 Å². The number of rotatable bonds is 6. The number of esters is 1. The normalized spacial score (nSPS) is 15.6. The Kier molecular flexibility index (Phi) is 5.27. The number of fused-ring (bicyclic) bond motifs is 1. The number of sulfonamides is 1. The van der Waals surface area contributed by atoms with E-state index in [2.05, 4.69) is 9.46 Å². The highest BCUT2D eigenvalue weighted by molar-refractivity contribution is 7.92. The molecule has 2 aromatic carbocycles. The Bertz CT molecular complexity index is 970. The number of methoxy groups -OCH3 is 1. The molecule has 0 fully saturated rings. The molecule has 0 saturated heterocycles. The first-order valence-corrected chi connectivity index (χ1v) is 10.00. The van der Waals surface area contributed by atoms with Crippen LogP contribution in [-0.4, -0.2) is 34.2 Å². The van der Waals surface area contributed by atoms with E-state index in [9.17, 15) is 13.2 Å². The molecule has 2 aromatic rings. The van der Waals surface area contributed by atoms with Crippen molar-refractivity contribution in [3.63, 3.8) is 0 Å². The largest absolute Gasteiger partial charge is 0.492 e. The summed E-state index contributed by atoms with van der Waals surface area (Å²) < 4.78 is 44.1. The fourth-order valence-corrected chi connectivity index (χ4v) is 4.01. The molecule has 0 saturated carbocycles. The van der Waals surface area contributed by atoms with Gasteiger partial charge in [0.1, 0.15) is 17.6 Å². The molecule has 1 heterocycles. The lowest BCUT2D eigenvalue weighted by atomic mass is 10.1. The van der Waals surface area contributed by atoms with Gasteiger partial charge in [-0.2, -0.15) is 0 Å². The van der Waals surface area contributed by atoms with Crippen LogP contribution in [-0.2, 0) is 21.2 Å². The fourth-order valence-electron chi connectivity index (χ4n) is 2.91. The summed E-state index contributed by atoms with van der Waals surface area (Å²) in [5, 5.41) is 0. The molecule has 27 heavy (non-hydrogen) atoms. The van der Waals surface area contributed by atoms with Crippen LogP contribution in [0.2, 0.25) is 0 Å². The monoisotopic (exact) mass is 391 g/mol. The average Bonchev–Trinajstić information content (AvgIpc) is 3.00. The van der Waals surface area contributed by atoms with Crippen molar-refractivity contribution >= 4 is 21.7 Å². The highest BCUT2D eigenvalue weighted by Gasteiger charge is 2.24. The average molecular weight is 391 g/mol. The van der Waals surface area contributed by atoms with Crippen molar-refractivity contribution in [1.82, 2.24) is 0 Å². The molecule has 0 radical (unpaired) electrons. The summed E-state index contributed by atoms with van der Waals surface area (Å²) in [6.45, 7) is 4.16. The van der Waals surface area contributed by atoms with Gasteiger partial charge in [0.2, 0.25) is 0 Å². The van der Waals surface area contributed by atoms with Gasteiger partial charge in [0.15, 0.2) is 0 Å². The van der Waals surface area contributed by atoms with Crippen molar-refractivity contribution in [1.29, 1.82) is 0 Å². The zero-order valence-electron chi connectivity index (χ0n) is 15.3. The van der Waals surface area contributed by atoms with E-state index in [1.54, 1.807) is 12.1 Å². The van der Waals surface area contributed by atoms with Gasteiger partial charge in [-0.15, -0.1) is 0 Å². The molecular formula is C19H21NO6S. The van der Waals surface area contributed by atoms with Crippen LogP contribution in [0.25, 0.3) is 0 Å². The first-order chi connectivity index (χ1) is 12.8. The van der Waals surface area contributed by atoms with E-state index in [1.165, 1.54) is 31.4 Å². The Hall–Kier alpha value is -2.74. The van der Waals surface area contributed by atoms with Crippen molar-refractivity contribution in [2.75, 3.05) is 18.4 Å². The van der Waals surface area contributed by atoms with Crippen LogP contribution >= 0.6 is 0 Å². The van der Waals surface area contributed by atoms with Crippen LogP contribution in [0.4, 0.5) is 5.69 Å². The summed E-state index contributed by atoms with van der Waals surface area (Å²) in [6.07, 6.45) is 0.766. The zero-order valence-corrected chi connectivity index (χ0v) is 16.1. The molecule has 1 aliphatic rings. The number of nitrogens with one attached hydrogen (secondary N) is 1. The molecule has 0 amide bonds. The summed E-state index contributed by atoms with van der Waals surface area (Å²) in [4.78, 5) is 11.6. The van der Waals surface area contributed by atoms with Gasteiger partial charge in [0, 0.05) is 18.1 Å². The standard InChI is InChI=1S/C19H21NO6S/c1-4-25-18-10-14-8-12(2)26-17(14)11-16(18)20-27(22,23)15-7-5-6-13(9-15)19(21)24-3/h5-7,9-12,20H,4,8H2,1-3H3/t12-/m1/s1. The molecule has 0 bridgehead atoms. The van der Waals surface area contributed by atoms with Crippen molar-refractivity contribution in [2.24, 2.45) is 0 Å². The SMILES string of the molecule is CCOc1cc2c(cc1NS(=O)(=O)c1cccc(C(=O)OC)c1)O[C@H](C)C2. The number of hydrogen-bond acceptors (Lipinski definition) is 6. The van der Waals surface area contributed by atoms with Gasteiger partial charge >= 0.3 is 5.97 Å². The Morgan fingerprint density at radius 2 is 2.07 bits per heavy atom. The molecule has 1 aliphatic heterocycles. The first-order valence-electron chi connectivity index (χ1n) is 8.51. The smallest absolute Gasteiger partial charge is 0.337 e. The number of hydrogen-bond donors (Lipinski definition) is 1. The Morgan fingerprint density at radius 3 is 2.78 bits per heavy atom. The predicted octanol–water partition coefficient (Wildman–Crippen LogP) is 3.00. The minimum Gasteiger partial charge on any atom is -0.492 e. The van der Waals surface area contributed by atoms with E-state index in [0.717, 1.165) is 12.0 Å². The molecule has 1 N–H and O–H groups in total. The van der Waals surface area contributed by atoms with E-state index in [4.69, 9.17) is 9.47 Å². The van der Waals surface area contributed by atoms with E-state index in [0.29, 0.717) is 18.1 Å². The highest BCUT2D eigenvalue weighted by atomic mass is 32.2. The molecule has 0 aromatic heterocycles. The van der Waals surface area contributed by atoms with Gasteiger partial charge in [0.05, 0.1) is 29.9 Å². The lowest BCUT2D eigenvalue weighted by Gasteiger charge is -2.15. The van der Waals surface area contributed by atoms with E-state index >= 15 is 0 Å². The second-order valence-electron chi connectivity index (χ2n) is 6.15. The van der Waals surface area contributed by atoms with Crippen LogP contribution in [0.3, 0.4) is 0 Å². The summed E-state index contributed by atoms with van der Waals surface area (Å²) in [5.41, 5.74) is 1.41. The Labute approximate surface area is 158 Å².